The molecule has 12 heteroatoms. The first-order valence-corrected chi connectivity index (χ1v) is 8.97. The molecule has 2 N–H and O–H groups in total. The topological polar surface area (TPSA) is 142 Å². The predicted octanol–water partition coefficient (Wildman–Crippen LogP) is 0.665. The Hall–Kier alpha value is -1.21. The Kier molecular flexibility index (Phi) is 7.44. The van der Waals surface area contributed by atoms with Crippen molar-refractivity contribution in [3.8, 4) is 0 Å². The van der Waals surface area contributed by atoms with E-state index in [1.807, 2.05) is 30.6 Å². The highest BCUT2D eigenvalue weighted by atomic mass is 32.3. The van der Waals surface area contributed by atoms with Gasteiger partial charge in [0, 0.05) is 18.8 Å². The second-order valence-corrected chi connectivity index (χ2v) is 6.54. The van der Waals surface area contributed by atoms with E-state index < -0.39 is 20.8 Å². The quantitative estimate of drug-likeness (QED) is 0.697. The number of carbonyl (C=O) groups is 1. The zero-order chi connectivity index (χ0) is 17.7. The van der Waals surface area contributed by atoms with Crippen molar-refractivity contribution in [2.24, 2.45) is 0 Å². The van der Waals surface area contributed by atoms with E-state index in [0.717, 1.165) is 18.8 Å². The molecule has 0 bridgehead atoms. The van der Waals surface area contributed by atoms with Gasteiger partial charge in [0.15, 0.2) is 0 Å². The maximum absolute atomic E-state index is 11.8. The molecule has 1 atom stereocenters. The normalized spacial score (nSPS) is 19.5. The molecular formula is C10H20N2O8S2. The van der Waals surface area contributed by atoms with E-state index in [-0.39, 0.29) is 12.1 Å². The standard InChI is InChI=1S/C10H18N2O.H2O7S2/c1-5-11-8(3)7-9(4)12(6-2)10(11)13;1-8(2,3)7-9(4,5)6/h7-8H,5-6H2,1-4H3;(H,1,2,3)(H,4,5,6). The highest BCUT2D eigenvalue weighted by molar-refractivity contribution is 7.94. The number of allylic oxidation sites excluding steroid dienone is 1. The molecule has 0 spiro atoms. The Bertz CT molecular complexity index is 595. The van der Waals surface area contributed by atoms with E-state index in [2.05, 4.69) is 16.6 Å². The van der Waals surface area contributed by atoms with Gasteiger partial charge >= 0.3 is 26.8 Å². The summed E-state index contributed by atoms with van der Waals surface area (Å²) < 4.78 is 55.6. The molecule has 1 unspecified atom stereocenters. The molecule has 0 radical (unpaired) electrons. The van der Waals surface area contributed by atoms with Gasteiger partial charge in [-0.15, -0.1) is 3.63 Å². The fourth-order valence-electron chi connectivity index (χ4n) is 1.93. The monoisotopic (exact) mass is 360 g/mol. The van der Waals surface area contributed by atoms with E-state index >= 15 is 0 Å². The average molecular weight is 360 g/mol. The van der Waals surface area contributed by atoms with Crippen LogP contribution in [0.3, 0.4) is 0 Å². The van der Waals surface area contributed by atoms with Gasteiger partial charge in [0.05, 0.1) is 6.04 Å². The van der Waals surface area contributed by atoms with Crippen LogP contribution in [0.1, 0.15) is 27.7 Å². The van der Waals surface area contributed by atoms with E-state index in [1.165, 1.54) is 0 Å². The van der Waals surface area contributed by atoms with Gasteiger partial charge in [-0.1, -0.05) is 0 Å². The lowest BCUT2D eigenvalue weighted by Crippen LogP contribution is -2.49. The van der Waals surface area contributed by atoms with Crippen LogP contribution < -0.4 is 0 Å². The first-order chi connectivity index (χ1) is 9.82. The molecule has 0 aromatic carbocycles. The lowest BCUT2D eigenvalue weighted by atomic mass is 10.2. The Morgan fingerprint density at radius 2 is 1.59 bits per heavy atom. The van der Waals surface area contributed by atoms with Crippen LogP contribution in [0.4, 0.5) is 4.79 Å². The summed E-state index contributed by atoms with van der Waals surface area (Å²) in [6, 6.07) is 0.373. The highest BCUT2D eigenvalue weighted by Gasteiger charge is 2.27. The van der Waals surface area contributed by atoms with Crippen LogP contribution in [0, 0.1) is 0 Å². The minimum atomic E-state index is -5.12. The number of hydrogen-bond acceptors (Lipinski definition) is 6. The van der Waals surface area contributed by atoms with Crippen molar-refractivity contribution in [2.75, 3.05) is 13.1 Å². The predicted molar refractivity (Wildman–Crippen MR) is 77.6 cm³/mol. The minimum Gasteiger partial charge on any atom is -0.318 e. The third-order valence-electron chi connectivity index (χ3n) is 2.71. The molecule has 0 aromatic rings. The van der Waals surface area contributed by atoms with Gasteiger partial charge in [0.2, 0.25) is 0 Å². The number of nitrogens with zero attached hydrogens (tertiary/aromatic N) is 2. The maximum Gasteiger partial charge on any atom is 0.413 e. The first-order valence-electron chi connectivity index (χ1n) is 6.24. The third-order valence-corrected chi connectivity index (χ3v) is 4.08. The average Bonchev–Trinajstić information content (AvgIpc) is 2.25. The van der Waals surface area contributed by atoms with Crippen LogP contribution in [0.25, 0.3) is 0 Å². The zero-order valence-corrected chi connectivity index (χ0v) is 14.3. The number of amides is 2. The van der Waals surface area contributed by atoms with Crippen molar-refractivity contribution in [3.05, 3.63) is 11.8 Å². The SMILES string of the molecule is CCN1C(=O)N(CC)C(C)C=C1C.O=S(=O)(O)OS(=O)(=O)O. The molecule has 22 heavy (non-hydrogen) atoms. The first kappa shape index (κ1) is 20.8. The molecular weight excluding hydrogens is 340 g/mol. The molecule has 2 amide bonds. The van der Waals surface area contributed by atoms with Crippen molar-refractivity contribution in [1.29, 1.82) is 0 Å². The number of carbonyl (C=O) groups excluding carboxylic acids is 1. The second-order valence-electron chi connectivity index (χ2n) is 4.29. The molecule has 0 saturated heterocycles. The van der Waals surface area contributed by atoms with Crippen LogP contribution in [-0.4, -0.2) is 60.9 Å². The number of urea groups is 1. The smallest absolute Gasteiger partial charge is 0.318 e. The summed E-state index contributed by atoms with van der Waals surface area (Å²) in [6.07, 6.45) is 2.13. The highest BCUT2D eigenvalue weighted by Crippen LogP contribution is 2.18. The molecule has 1 rings (SSSR count). The Morgan fingerprint density at radius 1 is 1.14 bits per heavy atom. The lowest BCUT2D eigenvalue weighted by Gasteiger charge is -2.37. The van der Waals surface area contributed by atoms with E-state index in [4.69, 9.17) is 9.11 Å². The van der Waals surface area contributed by atoms with Crippen molar-refractivity contribution in [1.82, 2.24) is 9.80 Å². The summed E-state index contributed by atoms with van der Waals surface area (Å²) in [7, 11) is -10.2. The molecule has 0 aromatic heterocycles. The molecule has 130 valence electrons. The molecule has 10 nitrogen and oxygen atoms in total. The van der Waals surface area contributed by atoms with E-state index in [0.29, 0.717) is 0 Å². The van der Waals surface area contributed by atoms with Crippen LogP contribution in [0.5, 0.6) is 0 Å². The minimum absolute atomic E-state index is 0.137. The molecule has 1 aliphatic heterocycles. The van der Waals surface area contributed by atoms with Crippen molar-refractivity contribution >= 4 is 26.8 Å². The summed E-state index contributed by atoms with van der Waals surface area (Å²) in [4.78, 5) is 15.5. The molecule has 1 heterocycles. The molecule has 0 aliphatic carbocycles. The van der Waals surface area contributed by atoms with Crippen LogP contribution in [0.2, 0.25) is 0 Å². The Labute approximate surface area is 130 Å². The molecule has 1 aliphatic rings. The molecule has 0 fully saturated rings. The summed E-state index contributed by atoms with van der Waals surface area (Å²) in [5.74, 6) is 0. The summed E-state index contributed by atoms with van der Waals surface area (Å²) >= 11 is 0. The third kappa shape index (κ3) is 7.17. The van der Waals surface area contributed by atoms with E-state index in [9.17, 15) is 21.6 Å². The molecule has 0 saturated carbocycles. The van der Waals surface area contributed by atoms with Gasteiger partial charge in [-0.3, -0.25) is 14.0 Å². The van der Waals surface area contributed by atoms with Crippen molar-refractivity contribution in [3.63, 3.8) is 0 Å². The van der Waals surface area contributed by atoms with Crippen LogP contribution in [0.15, 0.2) is 11.8 Å². The van der Waals surface area contributed by atoms with Crippen molar-refractivity contribution < 1.29 is 34.4 Å². The Morgan fingerprint density at radius 3 is 1.86 bits per heavy atom. The fourth-order valence-corrected chi connectivity index (χ4v) is 2.79. The number of rotatable bonds is 4. The maximum atomic E-state index is 11.8. The van der Waals surface area contributed by atoms with Gasteiger partial charge in [-0.05, 0) is 33.8 Å². The lowest BCUT2D eigenvalue weighted by molar-refractivity contribution is 0.152. The number of hydrogen-bond donors (Lipinski definition) is 2. The van der Waals surface area contributed by atoms with Gasteiger partial charge in [0.1, 0.15) is 0 Å². The van der Waals surface area contributed by atoms with Gasteiger partial charge in [-0.2, -0.15) is 16.8 Å². The summed E-state index contributed by atoms with van der Waals surface area (Å²) in [5, 5.41) is 0. The van der Waals surface area contributed by atoms with Gasteiger partial charge < -0.3 is 4.90 Å². The fraction of sp³-hybridized carbons (Fsp3) is 0.700. The Balaban J connectivity index is 0.000000433. The van der Waals surface area contributed by atoms with E-state index in [1.54, 1.807) is 0 Å². The van der Waals surface area contributed by atoms with Gasteiger partial charge in [-0.25, -0.2) is 4.79 Å². The summed E-state index contributed by atoms with van der Waals surface area (Å²) in [6.45, 7) is 9.59. The van der Waals surface area contributed by atoms with Crippen LogP contribution in [-0.2, 0) is 24.4 Å². The largest absolute Gasteiger partial charge is 0.413 e. The van der Waals surface area contributed by atoms with Crippen LogP contribution >= 0.6 is 0 Å². The second kappa shape index (κ2) is 7.87. The van der Waals surface area contributed by atoms with Gasteiger partial charge in [0.25, 0.3) is 0 Å². The zero-order valence-electron chi connectivity index (χ0n) is 12.6. The number of likely N-dealkylation sites (N-methyl/N-ethyl adjacent to an activating group) is 1. The summed E-state index contributed by atoms with van der Waals surface area (Å²) in [5.41, 5.74) is 1.07. The van der Waals surface area contributed by atoms with Crippen molar-refractivity contribution in [2.45, 2.75) is 33.7 Å².